The van der Waals surface area contributed by atoms with Crippen LogP contribution in [0.1, 0.15) is 33.4 Å². The molecule has 0 bridgehead atoms. The van der Waals surface area contributed by atoms with Crippen molar-refractivity contribution in [3.63, 3.8) is 0 Å². The molecule has 2 fully saturated rings. The second kappa shape index (κ2) is 11.9. The largest absolute Gasteiger partial charge is 0.459 e. The van der Waals surface area contributed by atoms with Crippen LogP contribution in [0.25, 0.3) is 0 Å². The first kappa shape index (κ1) is 31.3. The van der Waals surface area contributed by atoms with Gasteiger partial charge in [-0.2, -0.15) is 13.9 Å². The number of para-hydroxylation sites is 1. The molecule has 2 aliphatic rings. The zero-order valence-electron chi connectivity index (χ0n) is 23.4. The zero-order valence-corrected chi connectivity index (χ0v) is 25.5. The molecule has 0 spiro atoms. The van der Waals surface area contributed by atoms with E-state index in [0.29, 0.717) is 17.5 Å². The van der Waals surface area contributed by atoms with E-state index in [-0.39, 0.29) is 11.7 Å². The van der Waals surface area contributed by atoms with E-state index in [1.54, 1.807) is 31.8 Å². The van der Waals surface area contributed by atoms with Gasteiger partial charge < -0.3 is 18.6 Å². The number of carbonyl (C=O) groups is 1. The lowest BCUT2D eigenvalue weighted by Gasteiger charge is -2.33. The molecule has 16 heteroatoms. The predicted molar refractivity (Wildman–Crippen MR) is 148 cm³/mol. The third-order valence-electron chi connectivity index (χ3n) is 7.14. The average Bonchev–Trinajstić information content (AvgIpc) is 3.32. The number of carbonyl (C=O) groups excluding carboxylic acids is 1. The first-order valence-electron chi connectivity index (χ1n) is 13.1. The van der Waals surface area contributed by atoms with E-state index in [0.717, 1.165) is 12.3 Å². The van der Waals surface area contributed by atoms with Crippen molar-refractivity contribution >= 4 is 22.7 Å². The van der Waals surface area contributed by atoms with Gasteiger partial charge >= 0.3 is 19.4 Å². The van der Waals surface area contributed by atoms with Gasteiger partial charge in [0.2, 0.25) is 12.1 Å². The number of ether oxygens (including phenoxy) is 1. The van der Waals surface area contributed by atoms with E-state index < -0.39 is 70.1 Å². The van der Waals surface area contributed by atoms with Crippen molar-refractivity contribution in [3.8, 4) is 5.75 Å². The highest BCUT2D eigenvalue weighted by atomic mass is 31.2. The number of alkyl halides is 2. The standard InChI is InChI=1S/C25H35F2N4O8PSi/c1-24(2,3)41(5)39-20-18(37-22(25(20,26)27)31-14-12-19(32)28-23(31)34)15-36-40(35,38-16-9-7-6-8-10-16)29-17-11-13-30(4)21(17)33/h6-10,12,14,17-18,20,22,41H,11,13,15H2,1-5H3,(H,29,35)(H,28,32,34)/t17?,18-,20-,22-,40?,41?/m1/s1. The molecule has 226 valence electrons. The van der Waals surface area contributed by atoms with Crippen molar-refractivity contribution in [2.75, 3.05) is 20.2 Å². The number of hydrogen-bond donors (Lipinski definition) is 2. The van der Waals surface area contributed by atoms with Crippen LogP contribution in [0.5, 0.6) is 5.75 Å². The van der Waals surface area contributed by atoms with Crippen LogP contribution in [0.2, 0.25) is 11.6 Å². The van der Waals surface area contributed by atoms with Gasteiger partial charge in [-0.05, 0) is 30.1 Å². The summed E-state index contributed by atoms with van der Waals surface area (Å²) in [5.74, 6) is -3.90. The van der Waals surface area contributed by atoms with E-state index in [9.17, 15) is 18.9 Å². The smallest absolute Gasteiger partial charge is 0.413 e. The lowest BCUT2D eigenvalue weighted by atomic mass is 10.1. The maximum Gasteiger partial charge on any atom is 0.459 e. The molecule has 0 radical (unpaired) electrons. The summed E-state index contributed by atoms with van der Waals surface area (Å²) < 4.78 is 69.3. The molecule has 0 aliphatic carbocycles. The number of H-pyrrole nitrogens is 1. The normalized spacial score (nSPS) is 26.6. The molecule has 1 amide bonds. The maximum atomic E-state index is 15.9. The Morgan fingerprint density at radius 2 is 1.88 bits per heavy atom. The Bertz CT molecular complexity index is 1400. The minimum atomic E-state index is -4.33. The molecule has 2 aliphatic heterocycles. The number of hydrogen-bond acceptors (Lipinski definition) is 8. The van der Waals surface area contributed by atoms with Crippen LogP contribution in [-0.4, -0.2) is 73.8 Å². The molecule has 6 atom stereocenters. The van der Waals surface area contributed by atoms with Crippen LogP contribution in [-0.2, 0) is 23.0 Å². The highest BCUT2D eigenvalue weighted by Crippen LogP contribution is 2.49. The molecule has 2 aromatic rings. The third-order valence-corrected chi connectivity index (χ3v) is 11.9. The van der Waals surface area contributed by atoms with Crippen molar-refractivity contribution < 1.29 is 36.4 Å². The maximum absolute atomic E-state index is 15.9. The molecule has 3 heterocycles. The lowest BCUT2D eigenvalue weighted by Crippen LogP contribution is -2.47. The van der Waals surface area contributed by atoms with Gasteiger partial charge in [0.25, 0.3) is 5.56 Å². The minimum absolute atomic E-state index is 0.166. The number of likely N-dealkylation sites (N-methyl/N-ethyl adjacent to an activating group) is 1. The van der Waals surface area contributed by atoms with Gasteiger partial charge in [0.15, 0.2) is 9.04 Å². The molecular formula is C25H35F2N4O8PSi. The Morgan fingerprint density at radius 3 is 2.46 bits per heavy atom. The molecule has 12 nitrogen and oxygen atoms in total. The summed E-state index contributed by atoms with van der Waals surface area (Å²) in [4.78, 5) is 39.9. The van der Waals surface area contributed by atoms with Crippen LogP contribution in [0.4, 0.5) is 8.78 Å². The van der Waals surface area contributed by atoms with Crippen molar-refractivity contribution in [1.82, 2.24) is 19.5 Å². The van der Waals surface area contributed by atoms with Gasteiger partial charge in [-0.25, -0.2) is 9.36 Å². The van der Waals surface area contributed by atoms with E-state index >= 15 is 8.78 Å². The molecule has 41 heavy (non-hydrogen) atoms. The number of nitrogens with zero attached hydrogens (tertiary/aromatic N) is 2. The molecule has 2 saturated heterocycles. The quantitative estimate of drug-likeness (QED) is 0.305. The fraction of sp³-hybridized carbons (Fsp3) is 0.560. The van der Waals surface area contributed by atoms with Crippen molar-refractivity contribution in [3.05, 3.63) is 63.4 Å². The Balaban J connectivity index is 1.64. The van der Waals surface area contributed by atoms with Crippen molar-refractivity contribution in [2.24, 2.45) is 0 Å². The summed E-state index contributed by atoms with van der Waals surface area (Å²) in [6, 6.07) is 8.11. The molecule has 2 N–H and O–H groups in total. The molecule has 1 aromatic heterocycles. The Morgan fingerprint density at radius 1 is 1.20 bits per heavy atom. The van der Waals surface area contributed by atoms with Gasteiger partial charge in [-0.1, -0.05) is 39.0 Å². The summed E-state index contributed by atoms with van der Waals surface area (Å²) >= 11 is 0. The summed E-state index contributed by atoms with van der Waals surface area (Å²) in [7, 11) is -5.03. The zero-order chi connectivity index (χ0) is 30.2. The Labute approximate surface area is 237 Å². The predicted octanol–water partition coefficient (Wildman–Crippen LogP) is 2.63. The number of aromatic amines is 1. The topological polar surface area (TPSA) is 141 Å². The average molecular weight is 617 g/mol. The van der Waals surface area contributed by atoms with Gasteiger partial charge in [-0.15, -0.1) is 0 Å². The number of halogens is 2. The van der Waals surface area contributed by atoms with Crippen molar-refractivity contribution in [2.45, 2.75) is 69.2 Å². The summed E-state index contributed by atoms with van der Waals surface area (Å²) in [6.45, 7) is 7.10. The molecule has 3 unspecified atom stereocenters. The number of rotatable bonds is 10. The van der Waals surface area contributed by atoms with Crippen LogP contribution in [0.3, 0.4) is 0 Å². The monoisotopic (exact) mass is 616 g/mol. The van der Waals surface area contributed by atoms with E-state index in [1.807, 2.05) is 25.8 Å². The van der Waals surface area contributed by atoms with Crippen molar-refractivity contribution in [1.29, 1.82) is 0 Å². The molecule has 4 rings (SSSR count). The second-order valence-corrected chi connectivity index (χ2v) is 16.2. The molecule has 0 saturated carbocycles. The number of likely N-dealkylation sites (tertiary alicyclic amines) is 1. The van der Waals surface area contributed by atoms with Gasteiger partial charge in [-0.3, -0.25) is 23.7 Å². The van der Waals surface area contributed by atoms with E-state index in [2.05, 4.69) is 5.09 Å². The second-order valence-electron chi connectivity index (χ2n) is 11.2. The minimum Gasteiger partial charge on any atom is -0.413 e. The fourth-order valence-electron chi connectivity index (χ4n) is 4.32. The van der Waals surface area contributed by atoms with Crippen LogP contribution in [0, 0.1) is 0 Å². The fourth-order valence-corrected chi connectivity index (χ4v) is 7.07. The third kappa shape index (κ3) is 7.04. The summed E-state index contributed by atoms with van der Waals surface area (Å²) in [5, 5.41) is 2.25. The van der Waals surface area contributed by atoms with Crippen LogP contribution < -0.4 is 20.9 Å². The lowest BCUT2D eigenvalue weighted by molar-refractivity contribution is -0.137. The number of nitrogens with one attached hydrogen (secondary N) is 2. The van der Waals surface area contributed by atoms with Crippen LogP contribution in [0.15, 0.2) is 52.2 Å². The highest BCUT2D eigenvalue weighted by molar-refractivity contribution is 7.52. The first-order chi connectivity index (χ1) is 19.1. The molecule has 1 aromatic carbocycles. The van der Waals surface area contributed by atoms with E-state index in [1.165, 1.54) is 17.0 Å². The molecular weight excluding hydrogens is 581 g/mol. The number of benzene rings is 1. The van der Waals surface area contributed by atoms with Gasteiger partial charge in [0.05, 0.1) is 12.6 Å². The first-order valence-corrected chi connectivity index (χ1v) is 16.9. The summed E-state index contributed by atoms with van der Waals surface area (Å²) in [5.41, 5.74) is -1.85. The Kier molecular flexibility index (Phi) is 9.07. The van der Waals surface area contributed by atoms with Crippen LogP contribution >= 0.6 is 7.75 Å². The number of amides is 1. The Hall–Kier alpha value is -2.68. The highest BCUT2D eigenvalue weighted by Gasteiger charge is 2.62. The summed E-state index contributed by atoms with van der Waals surface area (Å²) in [6.07, 6.45) is -4.27. The SMILES string of the molecule is CN1CCC(NP(=O)(OC[C@H]2O[C@@H](n3ccc(=O)[nH]c3=O)C(F)(F)[C@@H]2O[SiH](C)C(C)(C)C)Oc2ccccc2)C1=O. The van der Waals surface area contributed by atoms with Gasteiger partial charge in [0.1, 0.15) is 18.0 Å². The number of aromatic nitrogens is 2. The van der Waals surface area contributed by atoms with E-state index in [4.69, 9.17) is 18.2 Å². The van der Waals surface area contributed by atoms with Gasteiger partial charge in [0, 0.05) is 25.9 Å².